The molecule has 0 bridgehead atoms. The number of amides is 1. The summed E-state index contributed by atoms with van der Waals surface area (Å²) in [4.78, 5) is 15.2. The summed E-state index contributed by atoms with van der Waals surface area (Å²) in [6.45, 7) is 6.54. The standard InChI is InChI=1S/C20H29NO2/c1-3-21(20(22)18-10-12-23-13-11-18)19(17-8-9-17)14-16-6-4-15(2)5-7-16/h4-7,17-19H,3,8-14H2,1-2H3/t19-/m0/s1. The summed E-state index contributed by atoms with van der Waals surface area (Å²) in [5, 5.41) is 0. The molecule has 0 aromatic heterocycles. The summed E-state index contributed by atoms with van der Waals surface area (Å²) in [6, 6.07) is 9.17. The summed E-state index contributed by atoms with van der Waals surface area (Å²) in [7, 11) is 0. The van der Waals surface area contributed by atoms with Crippen LogP contribution in [0.4, 0.5) is 0 Å². The van der Waals surface area contributed by atoms with Crippen molar-refractivity contribution < 1.29 is 9.53 Å². The molecule has 1 aliphatic carbocycles. The van der Waals surface area contributed by atoms with E-state index in [9.17, 15) is 4.79 Å². The largest absolute Gasteiger partial charge is 0.381 e. The van der Waals surface area contributed by atoms with Crippen LogP contribution >= 0.6 is 0 Å². The first kappa shape index (κ1) is 16.5. The van der Waals surface area contributed by atoms with Crippen molar-refractivity contribution in [3.63, 3.8) is 0 Å². The van der Waals surface area contributed by atoms with E-state index in [0.717, 1.165) is 39.0 Å². The number of rotatable bonds is 6. The zero-order valence-corrected chi connectivity index (χ0v) is 14.5. The Hall–Kier alpha value is -1.35. The van der Waals surface area contributed by atoms with Gasteiger partial charge in [0.2, 0.25) is 5.91 Å². The maximum atomic E-state index is 13.0. The predicted molar refractivity (Wildman–Crippen MR) is 92.3 cm³/mol. The highest BCUT2D eigenvalue weighted by Crippen LogP contribution is 2.38. The average Bonchev–Trinajstić information content (AvgIpc) is 3.42. The summed E-state index contributed by atoms with van der Waals surface area (Å²) in [5.74, 6) is 1.22. The molecule has 3 nitrogen and oxygen atoms in total. The molecular formula is C20H29NO2. The third-order valence-electron chi connectivity index (χ3n) is 5.33. The summed E-state index contributed by atoms with van der Waals surface area (Å²) in [5.41, 5.74) is 2.65. The van der Waals surface area contributed by atoms with Crippen LogP contribution < -0.4 is 0 Å². The molecule has 1 amide bonds. The zero-order valence-electron chi connectivity index (χ0n) is 14.5. The van der Waals surface area contributed by atoms with Crippen molar-refractivity contribution in [1.29, 1.82) is 0 Å². The van der Waals surface area contributed by atoms with Crippen molar-refractivity contribution in [2.75, 3.05) is 19.8 Å². The number of aryl methyl sites for hydroxylation is 1. The lowest BCUT2D eigenvalue weighted by Gasteiger charge is -2.35. The molecule has 1 saturated heterocycles. The Morgan fingerprint density at radius 2 is 1.83 bits per heavy atom. The number of ether oxygens (including phenoxy) is 1. The molecule has 1 aromatic rings. The maximum absolute atomic E-state index is 13.0. The van der Waals surface area contributed by atoms with E-state index >= 15 is 0 Å². The highest BCUT2D eigenvalue weighted by Gasteiger charge is 2.38. The van der Waals surface area contributed by atoms with Gasteiger partial charge in [-0.05, 0) is 57.4 Å². The van der Waals surface area contributed by atoms with E-state index in [1.807, 2.05) is 0 Å². The van der Waals surface area contributed by atoms with Crippen LogP contribution in [0.2, 0.25) is 0 Å². The molecule has 1 aromatic carbocycles. The van der Waals surface area contributed by atoms with Crippen LogP contribution in [-0.4, -0.2) is 36.6 Å². The molecule has 0 unspecified atom stereocenters. The number of carbonyl (C=O) groups is 1. The lowest BCUT2D eigenvalue weighted by molar-refractivity contribution is -0.141. The van der Waals surface area contributed by atoms with Crippen LogP contribution in [-0.2, 0) is 16.0 Å². The molecule has 0 radical (unpaired) electrons. The lowest BCUT2D eigenvalue weighted by atomic mass is 9.94. The van der Waals surface area contributed by atoms with E-state index in [1.165, 1.54) is 24.0 Å². The summed E-state index contributed by atoms with van der Waals surface area (Å²) < 4.78 is 5.42. The molecule has 2 fully saturated rings. The topological polar surface area (TPSA) is 29.5 Å². The molecule has 3 heteroatoms. The second-order valence-electron chi connectivity index (χ2n) is 7.11. The number of nitrogens with zero attached hydrogens (tertiary/aromatic N) is 1. The van der Waals surface area contributed by atoms with Crippen molar-refractivity contribution in [2.45, 2.75) is 52.0 Å². The summed E-state index contributed by atoms with van der Waals surface area (Å²) in [6.07, 6.45) is 5.31. The van der Waals surface area contributed by atoms with Crippen LogP contribution in [0.15, 0.2) is 24.3 Å². The van der Waals surface area contributed by atoms with Gasteiger partial charge in [0.1, 0.15) is 0 Å². The molecule has 23 heavy (non-hydrogen) atoms. The van der Waals surface area contributed by atoms with E-state index in [1.54, 1.807) is 0 Å². The van der Waals surface area contributed by atoms with Gasteiger partial charge in [0.15, 0.2) is 0 Å². The number of benzene rings is 1. The quantitative estimate of drug-likeness (QED) is 0.803. The smallest absolute Gasteiger partial charge is 0.226 e. The molecule has 1 saturated carbocycles. The zero-order chi connectivity index (χ0) is 16.2. The van der Waals surface area contributed by atoms with Crippen molar-refractivity contribution in [1.82, 2.24) is 4.90 Å². The van der Waals surface area contributed by atoms with Gasteiger partial charge in [0.25, 0.3) is 0 Å². The normalized spacial score (nSPS) is 20.3. The fourth-order valence-electron chi connectivity index (χ4n) is 3.71. The Balaban J connectivity index is 1.72. The predicted octanol–water partition coefficient (Wildman–Crippen LogP) is 3.59. The Morgan fingerprint density at radius 3 is 2.39 bits per heavy atom. The fourth-order valence-corrected chi connectivity index (χ4v) is 3.71. The molecule has 3 rings (SSSR count). The first-order valence-electron chi connectivity index (χ1n) is 9.12. The van der Waals surface area contributed by atoms with E-state index in [0.29, 0.717) is 17.9 Å². The third kappa shape index (κ3) is 4.14. The minimum atomic E-state index is 0.169. The lowest BCUT2D eigenvalue weighted by Crippen LogP contribution is -2.46. The molecule has 1 heterocycles. The van der Waals surface area contributed by atoms with Gasteiger partial charge < -0.3 is 9.64 Å². The minimum Gasteiger partial charge on any atom is -0.381 e. The van der Waals surface area contributed by atoms with Gasteiger partial charge in [-0.3, -0.25) is 4.79 Å². The van der Waals surface area contributed by atoms with Crippen LogP contribution in [0.25, 0.3) is 0 Å². The molecule has 126 valence electrons. The Kier molecular flexibility index (Phi) is 5.37. The Morgan fingerprint density at radius 1 is 1.17 bits per heavy atom. The highest BCUT2D eigenvalue weighted by atomic mass is 16.5. The third-order valence-corrected chi connectivity index (χ3v) is 5.33. The summed E-state index contributed by atoms with van der Waals surface area (Å²) >= 11 is 0. The molecular weight excluding hydrogens is 286 g/mol. The van der Waals surface area contributed by atoms with Gasteiger partial charge in [-0.25, -0.2) is 0 Å². The van der Waals surface area contributed by atoms with Crippen molar-refractivity contribution in [3.8, 4) is 0 Å². The molecule has 2 aliphatic rings. The minimum absolute atomic E-state index is 0.169. The Bertz CT molecular complexity index is 515. The van der Waals surface area contributed by atoms with Crippen LogP contribution in [0.1, 0.15) is 43.7 Å². The van der Waals surface area contributed by atoms with E-state index in [2.05, 4.69) is 43.0 Å². The molecule has 0 N–H and O–H groups in total. The fraction of sp³-hybridized carbons (Fsp3) is 0.650. The molecule has 1 atom stereocenters. The first-order valence-corrected chi connectivity index (χ1v) is 9.12. The average molecular weight is 315 g/mol. The monoisotopic (exact) mass is 315 g/mol. The number of hydrogen-bond donors (Lipinski definition) is 0. The van der Waals surface area contributed by atoms with Crippen LogP contribution in [0, 0.1) is 18.8 Å². The van der Waals surface area contributed by atoms with Gasteiger partial charge >= 0.3 is 0 Å². The van der Waals surface area contributed by atoms with Crippen molar-refractivity contribution in [2.24, 2.45) is 11.8 Å². The van der Waals surface area contributed by atoms with E-state index in [-0.39, 0.29) is 5.92 Å². The number of hydrogen-bond acceptors (Lipinski definition) is 2. The van der Waals surface area contributed by atoms with Gasteiger partial charge in [-0.2, -0.15) is 0 Å². The second kappa shape index (κ2) is 7.48. The van der Waals surface area contributed by atoms with E-state index in [4.69, 9.17) is 4.74 Å². The maximum Gasteiger partial charge on any atom is 0.226 e. The van der Waals surface area contributed by atoms with Gasteiger partial charge in [-0.15, -0.1) is 0 Å². The van der Waals surface area contributed by atoms with Gasteiger partial charge in [0, 0.05) is 31.7 Å². The van der Waals surface area contributed by atoms with E-state index < -0.39 is 0 Å². The number of likely N-dealkylation sites (N-methyl/N-ethyl adjacent to an activating group) is 1. The SMILES string of the molecule is CCN(C(=O)C1CCOCC1)[C@@H](Cc1ccc(C)cc1)C1CC1. The Labute approximate surface area is 140 Å². The first-order chi connectivity index (χ1) is 11.2. The van der Waals surface area contributed by atoms with Crippen molar-refractivity contribution in [3.05, 3.63) is 35.4 Å². The van der Waals surface area contributed by atoms with Crippen LogP contribution in [0.5, 0.6) is 0 Å². The van der Waals surface area contributed by atoms with Crippen LogP contribution in [0.3, 0.4) is 0 Å². The van der Waals surface area contributed by atoms with Gasteiger partial charge in [0.05, 0.1) is 0 Å². The highest BCUT2D eigenvalue weighted by molar-refractivity contribution is 5.79. The molecule has 0 spiro atoms. The second-order valence-corrected chi connectivity index (χ2v) is 7.11. The molecule has 1 aliphatic heterocycles. The van der Waals surface area contributed by atoms with Gasteiger partial charge in [-0.1, -0.05) is 29.8 Å². The van der Waals surface area contributed by atoms with Crippen molar-refractivity contribution >= 4 is 5.91 Å². The number of carbonyl (C=O) groups excluding carboxylic acids is 1.